The molecule has 0 fully saturated rings. The van der Waals surface area contributed by atoms with Crippen LogP contribution >= 0.6 is 27.7 Å². The SMILES string of the molecule is O=C(CCSc1nnnn1-c1ccc(C(=O)O)cc1)Nc1ccc(Br)cc1. The molecule has 27 heavy (non-hydrogen) atoms. The molecule has 0 unspecified atom stereocenters. The zero-order chi connectivity index (χ0) is 19.2. The molecule has 0 bridgehead atoms. The Bertz CT molecular complexity index is 944. The van der Waals surface area contributed by atoms with E-state index < -0.39 is 5.97 Å². The summed E-state index contributed by atoms with van der Waals surface area (Å²) in [4.78, 5) is 23.0. The lowest BCUT2D eigenvalue weighted by atomic mass is 10.2. The Labute approximate surface area is 167 Å². The molecule has 1 heterocycles. The average Bonchev–Trinajstić information content (AvgIpc) is 3.12. The number of hydrogen-bond acceptors (Lipinski definition) is 6. The van der Waals surface area contributed by atoms with Crippen LogP contribution in [0.1, 0.15) is 16.8 Å². The molecule has 3 aromatic rings. The van der Waals surface area contributed by atoms with Gasteiger partial charge in [0.2, 0.25) is 11.1 Å². The number of nitrogens with zero attached hydrogens (tertiary/aromatic N) is 4. The van der Waals surface area contributed by atoms with Gasteiger partial charge in [-0.1, -0.05) is 27.7 Å². The molecule has 2 N–H and O–H groups in total. The summed E-state index contributed by atoms with van der Waals surface area (Å²) in [5.41, 5.74) is 1.56. The van der Waals surface area contributed by atoms with E-state index in [1.807, 2.05) is 24.3 Å². The van der Waals surface area contributed by atoms with E-state index in [2.05, 4.69) is 36.8 Å². The van der Waals surface area contributed by atoms with Crippen LogP contribution in [0.4, 0.5) is 5.69 Å². The molecule has 3 rings (SSSR count). The smallest absolute Gasteiger partial charge is 0.335 e. The van der Waals surface area contributed by atoms with E-state index in [1.165, 1.54) is 28.6 Å². The zero-order valence-electron chi connectivity index (χ0n) is 13.9. The number of anilines is 1. The number of nitrogens with one attached hydrogen (secondary N) is 1. The number of hydrogen-bond donors (Lipinski definition) is 2. The summed E-state index contributed by atoms with van der Waals surface area (Å²) in [6, 6.07) is 13.6. The van der Waals surface area contributed by atoms with Crippen LogP contribution in [0.5, 0.6) is 0 Å². The van der Waals surface area contributed by atoms with Crippen molar-refractivity contribution in [2.75, 3.05) is 11.1 Å². The zero-order valence-corrected chi connectivity index (χ0v) is 16.3. The number of carbonyl (C=O) groups excluding carboxylic acids is 1. The van der Waals surface area contributed by atoms with E-state index in [4.69, 9.17) is 5.11 Å². The first-order valence-electron chi connectivity index (χ1n) is 7.83. The number of aromatic nitrogens is 4. The van der Waals surface area contributed by atoms with Gasteiger partial charge in [0.25, 0.3) is 0 Å². The van der Waals surface area contributed by atoms with Crippen molar-refractivity contribution in [3.63, 3.8) is 0 Å². The van der Waals surface area contributed by atoms with Gasteiger partial charge in [0.1, 0.15) is 0 Å². The van der Waals surface area contributed by atoms with Gasteiger partial charge in [-0.3, -0.25) is 4.79 Å². The number of amides is 1. The van der Waals surface area contributed by atoms with Crippen molar-refractivity contribution in [1.29, 1.82) is 0 Å². The van der Waals surface area contributed by atoms with Gasteiger partial charge >= 0.3 is 5.97 Å². The maximum Gasteiger partial charge on any atom is 0.335 e. The summed E-state index contributed by atoms with van der Waals surface area (Å²) >= 11 is 4.69. The molecule has 0 aliphatic carbocycles. The Kier molecular flexibility index (Phi) is 6.20. The lowest BCUT2D eigenvalue weighted by Crippen LogP contribution is -2.12. The number of benzene rings is 2. The second-order valence-corrected chi connectivity index (χ2v) is 7.36. The van der Waals surface area contributed by atoms with E-state index in [9.17, 15) is 9.59 Å². The minimum absolute atomic E-state index is 0.102. The third-order valence-corrected chi connectivity index (χ3v) is 4.94. The highest BCUT2D eigenvalue weighted by molar-refractivity contribution is 9.10. The van der Waals surface area contributed by atoms with E-state index in [0.29, 0.717) is 23.0 Å². The Morgan fingerprint density at radius 2 is 1.81 bits per heavy atom. The standard InChI is InChI=1S/C17H14BrN5O3S/c18-12-3-5-13(6-4-12)19-15(24)9-10-27-17-20-21-22-23(17)14-7-1-11(2-8-14)16(25)26/h1-8H,9-10H2,(H,19,24)(H,25,26). The predicted octanol–water partition coefficient (Wildman–Crippen LogP) is 3.24. The summed E-state index contributed by atoms with van der Waals surface area (Å²) in [5.74, 6) is -0.602. The molecule has 8 nitrogen and oxygen atoms in total. The largest absolute Gasteiger partial charge is 0.478 e. The molecular weight excluding hydrogens is 434 g/mol. The first-order valence-corrected chi connectivity index (χ1v) is 9.61. The third-order valence-electron chi connectivity index (χ3n) is 3.49. The van der Waals surface area contributed by atoms with Crippen LogP contribution < -0.4 is 5.32 Å². The fourth-order valence-electron chi connectivity index (χ4n) is 2.17. The van der Waals surface area contributed by atoms with Gasteiger partial charge in [-0.05, 0) is 59.0 Å². The summed E-state index contributed by atoms with van der Waals surface area (Å²) in [7, 11) is 0. The van der Waals surface area contributed by atoms with Crippen molar-refractivity contribution in [3.05, 3.63) is 58.6 Å². The first kappa shape index (κ1) is 19.1. The Morgan fingerprint density at radius 3 is 2.48 bits per heavy atom. The number of halogens is 1. The van der Waals surface area contributed by atoms with Gasteiger partial charge in [-0.25, -0.2) is 4.79 Å². The lowest BCUT2D eigenvalue weighted by molar-refractivity contribution is -0.115. The van der Waals surface area contributed by atoms with Crippen LogP contribution in [-0.4, -0.2) is 42.9 Å². The fourth-order valence-corrected chi connectivity index (χ4v) is 3.26. The highest BCUT2D eigenvalue weighted by Gasteiger charge is 2.11. The molecule has 0 saturated heterocycles. The number of carbonyl (C=O) groups is 2. The van der Waals surface area contributed by atoms with Crippen molar-refractivity contribution in [2.24, 2.45) is 0 Å². The Balaban J connectivity index is 1.56. The molecule has 0 saturated carbocycles. The number of aromatic carboxylic acids is 1. The molecule has 1 aromatic heterocycles. The molecule has 138 valence electrons. The number of carboxylic acids is 1. The van der Waals surface area contributed by atoms with E-state index in [0.717, 1.165) is 10.2 Å². The summed E-state index contributed by atoms with van der Waals surface area (Å²) in [6.07, 6.45) is 0.297. The second-order valence-electron chi connectivity index (χ2n) is 5.38. The minimum atomic E-state index is -0.996. The number of tetrazole rings is 1. The van der Waals surface area contributed by atoms with Crippen molar-refractivity contribution in [2.45, 2.75) is 11.6 Å². The topological polar surface area (TPSA) is 110 Å². The van der Waals surface area contributed by atoms with Crippen molar-refractivity contribution in [1.82, 2.24) is 20.2 Å². The van der Waals surface area contributed by atoms with Crippen LogP contribution in [0.15, 0.2) is 58.2 Å². The summed E-state index contributed by atoms with van der Waals surface area (Å²) in [6.45, 7) is 0. The van der Waals surface area contributed by atoms with Crippen LogP contribution in [0, 0.1) is 0 Å². The number of rotatable bonds is 7. The second kappa shape index (κ2) is 8.78. The first-order chi connectivity index (χ1) is 13.0. The highest BCUT2D eigenvalue weighted by atomic mass is 79.9. The predicted molar refractivity (Wildman–Crippen MR) is 104 cm³/mol. The third kappa shape index (κ3) is 5.14. The van der Waals surface area contributed by atoms with E-state index >= 15 is 0 Å². The minimum Gasteiger partial charge on any atom is -0.478 e. The van der Waals surface area contributed by atoms with Crippen molar-refractivity contribution < 1.29 is 14.7 Å². The molecule has 0 radical (unpaired) electrons. The van der Waals surface area contributed by atoms with Crippen molar-refractivity contribution in [3.8, 4) is 5.69 Å². The Hall–Kier alpha value is -2.72. The highest BCUT2D eigenvalue weighted by Crippen LogP contribution is 2.20. The monoisotopic (exact) mass is 447 g/mol. The molecule has 0 aliphatic heterocycles. The van der Waals surface area contributed by atoms with E-state index in [1.54, 1.807) is 12.1 Å². The quantitative estimate of drug-likeness (QED) is 0.534. The van der Waals surface area contributed by atoms with Gasteiger partial charge in [-0.2, -0.15) is 4.68 Å². The number of carboxylic acid groups (broad SMARTS) is 1. The summed E-state index contributed by atoms with van der Waals surface area (Å²) in [5, 5.41) is 23.8. The van der Waals surface area contributed by atoms with Crippen LogP contribution in [-0.2, 0) is 4.79 Å². The molecule has 0 atom stereocenters. The van der Waals surface area contributed by atoms with E-state index in [-0.39, 0.29) is 11.5 Å². The fraction of sp³-hybridized carbons (Fsp3) is 0.118. The number of thioether (sulfide) groups is 1. The molecule has 0 spiro atoms. The van der Waals surface area contributed by atoms with Gasteiger partial charge in [0.05, 0.1) is 11.3 Å². The van der Waals surface area contributed by atoms with Crippen LogP contribution in [0.25, 0.3) is 5.69 Å². The summed E-state index contributed by atoms with van der Waals surface area (Å²) < 4.78 is 2.45. The normalized spacial score (nSPS) is 10.6. The molecule has 2 aromatic carbocycles. The van der Waals surface area contributed by atoms with Gasteiger partial charge in [0.15, 0.2) is 0 Å². The molecule has 1 amide bonds. The average molecular weight is 448 g/mol. The van der Waals surface area contributed by atoms with Crippen LogP contribution in [0.2, 0.25) is 0 Å². The van der Waals surface area contributed by atoms with Crippen molar-refractivity contribution >= 4 is 45.3 Å². The molecule has 10 heteroatoms. The maximum absolute atomic E-state index is 12.0. The Morgan fingerprint density at radius 1 is 1.11 bits per heavy atom. The molecular formula is C17H14BrN5O3S. The van der Waals surface area contributed by atoms with Crippen LogP contribution in [0.3, 0.4) is 0 Å². The lowest BCUT2D eigenvalue weighted by Gasteiger charge is -2.06. The van der Waals surface area contributed by atoms with Gasteiger partial charge < -0.3 is 10.4 Å². The maximum atomic E-state index is 12.0. The van der Waals surface area contributed by atoms with Gasteiger partial charge in [-0.15, -0.1) is 5.10 Å². The van der Waals surface area contributed by atoms with Gasteiger partial charge in [0, 0.05) is 22.3 Å². The molecule has 0 aliphatic rings.